The summed E-state index contributed by atoms with van der Waals surface area (Å²) in [6.45, 7) is 9.05. The molecule has 1 aromatic heterocycles. The predicted molar refractivity (Wildman–Crippen MR) is 108 cm³/mol. The topological polar surface area (TPSA) is 61.3 Å². The first-order valence-electron chi connectivity index (χ1n) is 10.1. The summed E-state index contributed by atoms with van der Waals surface area (Å²) in [7, 11) is 2.13. The number of rotatable bonds is 11. The van der Waals surface area contributed by atoms with Crippen LogP contribution in [0.15, 0.2) is 6.08 Å². The molecule has 0 aromatic carbocycles. The van der Waals surface area contributed by atoms with Gasteiger partial charge in [-0.1, -0.05) is 46.1 Å². The zero-order valence-electron chi connectivity index (χ0n) is 17.2. The Morgan fingerprint density at radius 2 is 2.11 bits per heavy atom. The van der Waals surface area contributed by atoms with Gasteiger partial charge in [0.2, 0.25) is 6.73 Å². The molecule has 1 aliphatic rings. The summed E-state index contributed by atoms with van der Waals surface area (Å²) in [5.41, 5.74) is 1.99. The second-order valence-electron chi connectivity index (χ2n) is 8.09. The van der Waals surface area contributed by atoms with Crippen LogP contribution in [-0.2, 0) is 9.53 Å². The molecule has 0 radical (unpaired) electrons. The number of likely N-dealkylation sites (N-methyl/N-ethyl adjacent to an activating group) is 1. The molecule has 0 N–H and O–H groups in total. The molecule has 1 unspecified atom stereocenters. The van der Waals surface area contributed by atoms with E-state index in [0.29, 0.717) is 36.0 Å². The molecular formula is C20H34N3O3S+. The van der Waals surface area contributed by atoms with Crippen molar-refractivity contribution < 1.29 is 18.8 Å². The van der Waals surface area contributed by atoms with Crippen molar-refractivity contribution in [1.82, 2.24) is 8.75 Å². The molecule has 0 amide bonds. The third kappa shape index (κ3) is 7.22. The van der Waals surface area contributed by atoms with Gasteiger partial charge in [0.1, 0.15) is 12.2 Å². The molecule has 7 heteroatoms. The number of carbonyl (C=O) groups excluding carboxylic acids is 1. The van der Waals surface area contributed by atoms with Crippen LogP contribution in [0, 0.1) is 5.92 Å². The van der Waals surface area contributed by atoms with Gasteiger partial charge in [0.05, 0.1) is 31.9 Å². The van der Waals surface area contributed by atoms with Crippen molar-refractivity contribution >= 4 is 23.3 Å². The summed E-state index contributed by atoms with van der Waals surface area (Å²) in [4.78, 5) is 11.9. The minimum Gasteiger partial charge on any atom is -0.475 e. The van der Waals surface area contributed by atoms with Crippen molar-refractivity contribution in [3.05, 3.63) is 11.8 Å². The SMILES string of the molecule is CCCCCCOc1nsnc1C1=CCC[N+](C)(COC(=O)CC(C)C)C1. The Kier molecular flexibility index (Phi) is 8.70. The van der Waals surface area contributed by atoms with Gasteiger partial charge in [-0.05, 0) is 12.3 Å². The van der Waals surface area contributed by atoms with Gasteiger partial charge < -0.3 is 9.47 Å². The second kappa shape index (κ2) is 10.8. The van der Waals surface area contributed by atoms with Crippen LogP contribution in [0.25, 0.3) is 5.57 Å². The number of aromatic nitrogens is 2. The molecule has 0 bridgehead atoms. The quantitative estimate of drug-likeness (QED) is 0.317. The van der Waals surface area contributed by atoms with Crippen molar-refractivity contribution in [3.8, 4) is 5.88 Å². The number of quaternary nitrogens is 1. The summed E-state index contributed by atoms with van der Waals surface area (Å²) in [5, 5.41) is 0. The minimum atomic E-state index is -0.119. The van der Waals surface area contributed by atoms with Crippen molar-refractivity contribution in [2.75, 3.05) is 33.5 Å². The van der Waals surface area contributed by atoms with Gasteiger partial charge in [0.15, 0.2) is 0 Å². The molecule has 0 saturated carbocycles. The molecule has 6 nitrogen and oxygen atoms in total. The van der Waals surface area contributed by atoms with E-state index in [-0.39, 0.29) is 5.97 Å². The highest BCUT2D eigenvalue weighted by molar-refractivity contribution is 6.99. The number of hydrogen-bond donors (Lipinski definition) is 0. The molecule has 1 aromatic rings. The Bertz CT molecular complexity index is 630. The first-order valence-corrected chi connectivity index (χ1v) is 10.8. The lowest BCUT2D eigenvalue weighted by Gasteiger charge is -2.36. The van der Waals surface area contributed by atoms with Crippen molar-refractivity contribution in [2.45, 2.75) is 59.3 Å². The molecular weight excluding hydrogens is 362 g/mol. The normalized spacial score (nSPS) is 19.8. The fourth-order valence-corrected chi connectivity index (χ4v) is 3.71. The highest BCUT2D eigenvalue weighted by Crippen LogP contribution is 2.30. The maximum absolute atomic E-state index is 11.9. The van der Waals surface area contributed by atoms with Gasteiger partial charge in [-0.25, -0.2) is 0 Å². The Labute approximate surface area is 167 Å². The van der Waals surface area contributed by atoms with E-state index >= 15 is 0 Å². The lowest BCUT2D eigenvalue weighted by molar-refractivity contribution is -0.919. The Morgan fingerprint density at radius 1 is 1.30 bits per heavy atom. The molecule has 0 spiro atoms. The Morgan fingerprint density at radius 3 is 2.85 bits per heavy atom. The first kappa shape index (κ1) is 21.8. The van der Waals surface area contributed by atoms with Crippen LogP contribution in [0.4, 0.5) is 0 Å². The van der Waals surface area contributed by atoms with Crippen molar-refractivity contribution in [1.29, 1.82) is 0 Å². The number of nitrogens with zero attached hydrogens (tertiary/aromatic N) is 3. The van der Waals surface area contributed by atoms with E-state index in [1.807, 2.05) is 13.8 Å². The van der Waals surface area contributed by atoms with Crippen molar-refractivity contribution in [2.24, 2.45) is 5.92 Å². The smallest absolute Gasteiger partial charge is 0.310 e. The van der Waals surface area contributed by atoms with Crippen molar-refractivity contribution in [3.63, 3.8) is 0 Å². The van der Waals surface area contributed by atoms with E-state index in [2.05, 4.69) is 28.8 Å². The highest BCUT2D eigenvalue weighted by Gasteiger charge is 2.31. The van der Waals surface area contributed by atoms with Crippen LogP contribution in [0.2, 0.25) is 0 Å². The zero-order chi connectivity index (χ0) is 19.7. The van der Waals surface area contributed by atoms with Gasteiger partial charge in [0, 0.05) is 18.4 Å². The van der Waals surface area contributed by atoms with Crippen LogP contribution in [0.1, 0.15) is 65.0 Å². The van der Waals surface area contributed by atoms with Gasteiger partial charge in [0.25, 0.3) is 5.88 Å². The summed E-state index contributed by atoms with van der Waals surface area (Å²) >= 11 is 1.20. The van der Waals surface area contributed by atoms with E-state index < -0.39 is 0 Å². The molecule has 152 valence electrons. The monoisotopic (exact) mass is 396 g/mol. The first-order chi connectivity index (χ1) is 12.9. The van der Waals surface area contributed by atoms with E-state index in [0.717, 1.165) is 37.2 Å². The number of unbranched alkanes of at least 4 members (excludes halogenated alkanes) is 3. The average Bonchev–Trinajstić information content (AvgIpc) is 3.08. The maximum atomic E-state index is 11.9. The zero-order valence-corrected chi connectivity index (χ0v) is 18.0. The molecule has 27 heavy (non-hydrogen) atoms. The van der Waals surface area contributed by atoms with Gasteiger partial charge >= 0.3 is 5.97 Å². The Balaban J connectivity index is 1.91. The minimum absolute atomic E-state index is 0.119. The number of ether oxygens (including phenoxy) is 2. The number of esters is 1. The van der Waals surface area contributed by atoms with Crippen LogP contribution >= 0.6 is 11.7 Å². The predicted octanol–water partition coefficient (Wildman–Crippen LogP) is 4.28. The average molecular weight is 397 g/mol. The van der Waals surface area contributed by atoms with E-state index in [9.17, 15) is 4.79 Å². The van der Waals surface area contributed by atoms with E-state index in [4.69, 9.17) is 9.47 Å². The number of carbonyl (C=O) groups is 1. The Hall–Kier alpha value is -1.47. The molecule has 2 heterocycles. The van der Waals surface area contributed by atoms with Gasteiger partial charge in [-0.15, -0.1) is 4.37 Å². The fraction of sp³-hybridized carbons (Fsp3) is 0.750. The van der Waals surface area contributed by atoms with Crippen LogP contribution in [0.5, 0.6) is 5.88 Å². The maximum Gasteiger partial charge on any atom is 0.310 e. The van der Waals surface area contributed by atoms with Gasteiger partial charge in [-0.2, -0.15) is 4.37 Å². The summed E-state index contributed by atoms with van der Waals surface area (Å²) in [5.74, 6) is 0.845. The largest absolute Gasteiger partial charge is 0.475 e. The van der Waals surface area contributed by atoms with Gasteiger partial charge in [-0.3, -0.25) is 9.28 Å². The van der Waals surface area contributed by atoms with E-state index in [1.165, 1.54) is 31.0 Å². The number of hydrogen-bond acceptors (Lipinski definition) is 6. The standard InChI is InChI=1S/C20H34N3O3S/c1-5-6-7-8-12-25-20-19(21-27-22-20)17-10-9-11-23(4,14-17)15-26-18(24)13-16(2)3/h10,16H,5-9,11-15H2,1-4H3/q+1. The second-order valence-corrected chi connectivity index (χ2v) is 8.62. The molecule has 0 saturated heterocycles. The lowest BCUT2D eigenvalue weighted by atomic mass is 10.1. The van der Waals surface area contributed by atoms with Crippen LogP contribution in [0.3, 0.4) is 0 Å². The van der Waals surface area contributed by atoms with E-state index in [1.54, 1.807) is 0 Å². The third-order valence-corrected chi connectivity index (χ3v) is 5.23. The highest BCUT2D eigenvalue weighted by atomic mass is 32.1. The van der Waals surface area contributed by atoms with Crippen LogP contribution in [-0.4, -0.2) is 52.7 Å². The fourth-order valence-electron chi connectivity index (χ4n) is 3.18. The molecule has 0 aliphatic carbocycles. The lowest BCUT2D eigenvalue weighted by Crippen LogP contribution is -2.49. The summed E-state index contributed by atoms with van der Waals surface area (Å²) in [6.07, 6.45) is 8.30. The third-order valence-electron chi connectivity index (χ3n) is 4.72. The molecule has 1 aliphatic heterocycles. The molecule has 1 atom stereocenters. The van der Waals surface area contributed by atoms with Crippen LogP contribution < -0.4 is 4.74 Å². The summed E-state index contributed by atoms with van der Waals surface area (Å²) < 4.78 is 20.9. The molecule has 2 rings (SSSR count). The molecule has 0 fully saturated rings. The summed E-state index contributed by atoms with van der Waals surface area (Å²) in [6, 6.07) is 0.